The average Bonchev–Trinajstić information content (AvgIpc) is 2.98. The van der Waals surface area contributed by atoms with Crippen molar-refractivity contribution in [1.82, 2.24) is 0 Å². The third kappa shape index (κ3) is 5.04. The number of benzene rings is 1. The van der Waals surface area contributed by atoms with Crippen molar-refractivity contribution in [3.63, 3.8) is 0 Å². The van der Waals surface area contributed by atoms with Gasteiger partial charge in [-0.3, -0.25) is 4.79 Å². The first kappa shape index (κ1) is 17.4. The molecule has 1 heterocycles. The lowest BCUT2D eigenvalue weighted by Gasteiger charge is -2.03. The molecule has 0 aliphatic heterocycles. The van der Waals surface area contributed by atoms with Gasteiger partial charge in [-0.25, -0.2) is 13.6 Å². The van der Waals surface area contributed by atoms with Crippen LogP contribution < -0.4 is 5.32 Å². The van der Waals surface area contributed by atoms with Gasteiger partial charge in [-0.15, -0.1) is 23.1 Å². The van der Waals surface area contributed by atoms with Gasteiger partial charge in [0.1, 0.15) is 4.88 Å². The van der Waals surface area contributed by atoms with E-state index in [2.05, 4.69) is 10.1 Å². The maximum atomic E-state index is 13.0. The summed E-state index contributed by atoms with van der Waals surface area (Å²) in [5.74, 6) is -2.06. The summed E-state index contributed by atoms with van der Waals surface area (Å²) in [6.07, 6.45) is 0.203. The van der Waals surface area contributed by atoms with Crippen LogP contribution in [-0.2, 0) is 9.53 Å². The van der Waals surface area contributed by atoms with Gasteiger partial charge in [-0.1, -0.05) is 0 Å². The number of hydrogen-bond acceptors (Lipinski definition) is 5. The Hall–Kier alpha value is -1.93. The zero-order valence-electron chi connectivity index (χ0n) is 12.1. The fourth-order valence-electron chi connectivity index (χ4n) is 1.64. The van der Waals surface area contributed by atoms with Crippen LogP contribution >= 0.6 is 23.1 Å². The van der Waals surface area contributed by atoms with E-state index in [1.54, 1.807) is 12.1 Å². The topological polar surface area (TPSA) is 55.4 Å². The van der Waals surface area contributed by atoms with E-state index in [1.807, 2.05) is 0 Å². The van der Waals surface area contributed by atoms with Crippen molar-refractivity contribution < 1.29 is 23.1 Å². The summed E-state index contributed by atoms with van der Waals surface area (Å²) in [6, 6.07) is 6.81. The van der Waals surface area contributed by atoms with E-state index in [0.717, 1.165) is 23.5 Å². The Morgan fingerprint density at radius 1 is 1.22 bits per heavy atom. The minimum atomic E-state index is -0.909. The Bertz CT molecular complexity index is 718. The first-order valence-electron chi connectivity index (χ1n) is 6.55. The lowest BCUT2D eigenvalue weighted by molar-refractivity contribution is -0.115. The molecule has 0 bridgehead atoms. The van der Waals surface area contributed by atoms with Crippen LogP contribution in [0, 0.1) is 11.6 Å². The maximum absolute atomic E-state index is 13.0. The second kappa shape index (κ2) is 8.07. The predicted molar refractivity (Wildman–Crippen MR) is 86.0 cm³/mol. The fourth-order valence-corrected chi connectivity index (χ4v) is 3.36. The molecule has 2 rings (SSSR count). The summed E-state index contributed by atoms with van der Waals surface area (Å²) in [4.78, 5) is 24.1. The summed E-state index contributed by atoms with van der Waals surface area (Å²) in [6.45, 7) is 0. The van der Waals surface area contributed by atoms with Gasteiger partial charge in [0.2, 0.25) is 5.91 Å². The first-order valence-corrected chi connectivity index (χ1v) is 8.35. The number of rotatable bonds is 6. The Labute approximate surface area is 139 Å². The van der Waals surface area contributed by atoms with Gasteiger partial charge in [-0.2, -0.15) is 0 Å². The van der Waals surface area contributed by atoms with Gasteiger partial charge in [0.25, 0.3) is 0 Å². The van der Waals surface area contributed by atoms with E-state index in [-0.39, 0.29) is 12.3 Å². The summed E-state index contributed by atoms with van der Waals surface area (Å²) < 4.78 is 30.4. The number of methoxy groups -OCH3 is 1. The summed E-state index contributed by atoms with van der Waals surface area (Å²) in [5, 5.41) is 3.22. The van der Waals surface area contributed by atoms with Gasteiger partial charge in [0.05, 0.1) is 12.1 Å². The van der Waals surface area contributed by atoms with Crippen molar-refractivity contribution >= 4 is 40.0 Å². The van der Waals surface area contributed by atoms with Crippen molar-refractivity contribution in [2.75, 3.05) is 18.2 Å². The molecule has 0 saturated heterocycles. The summed E-state index contributed by atoms with van der Waals surface area (Å²) >= 11 is 2.38. The van der Waals surface area contributed by atoms with Crippen LogP contribution in [0.25, 0.3) is 0 Å². The molecule has 4 nitrogen and oxygen atoms in total. The molecule has 1 amide bonds. The highest BCUT2D eigenvalue weighted by molar-refractivity contribution is 7.99. The lowest BCUT2D eigenvalue weighted by Crippen LogP contribution is -2.11. The van der Waals surface area contributed by atoms with Crippen LogP contribution in [0.4, 0.5) is 13.8 Å². The van der Waals surface area contributed by atoms with E-state index in [1.165, 1.54) is 24.9 Å². The van der Waals surface area contributed by atoms with Crippen molar-refractivity contribution in [2.45, 2.75) is 11.3 Å². The Morgan fingerprint density at radius 3 is 2.70 bits per heavy atom. The number of thiophene rings is 1. The van der Waals surface area contributed by atoms with Crippen LogP contribution in [-0.4, -0.2) is 24.7 Å². The molecule has 0 aliphatic rings. The van der Waals surface area contributed by atoms with E-state index >= 15 is 0 Å². The van der Waals surface area contributed by atoms with Gasteiger partial charge < -0.3 is 10.1 Å². The van der Waals surface area contributed by atoms with Crippen molar-refractivity contribution in [3.05, 3.63) is 46.8 Å². The molecule has 1 aromatic heterocycles. The molecule has 1 aromatic carbocycles. The Morgan fingerprint density at radius 2 is 2.00 bits per heavy atom. The third-order valence-electron chi connectivity index (χ3n) is 2.74. The van der Waals surface area contributed by atoms with Crippen molar-refractivity contribution in [2.24, 2.45) is 0 Å². The van der Waals surface area contributed by atoms with Crippen LogP contribution in [0.5, 0.6) is 0 Å². The van der Waals surface area contributed by atoms with E-state index < -0.39 is 17.6 Å². The number of esters is 1. The van der Waals surface area contributed by atoms with Crippen molar-refractivity contribution in [1.29, 1.82) is 0 Å². The number of nitrogens with one attached hydrogen (secondary N) is 1. The number of hydrogen-bond donors (Lipinski definition) is 1. The molecular weight excluding hydrogens is 344 g/mol. The van der Waals surface area contributed by atoms with E-state index in [0.29, 0.717) is 20.5 Å². The zero-order chi connectivity index (χ0) is 16.8. The van der Waals surface area contributed by atoms with Gasteiger partial charge in [-0.05, 0) is 30.3 Å². The zero-order valence-corrected chi connectivity index (χ0v) is 13.7. The molecule has 1 N–H and O–H groups in total. The van der Waals surface area contributed by atoms with Crippen LogP contribution in [0.1, 0.15) is 16.1 Å². The predicted octanol–water partition coefficient (Wildman–Crippen LogP) is 3.93. The monoisotopic (exact) mass is 357 g/mol. The smallest absolute Gasteiger partial charge is 0.348 e. The number of anilines is 1. The van der Waals surface area contributed by atoms with Crippen molar-refractivity contribution in [3.8, 4) is 0 Å². The number of amides is 1. The minimum absolute atomic E-state index is 0.203. The number of thioether (sulfide) groups is 1. The number of ether oxygens (including phenoxy) is 1. The molecule has 0 radical (unpaired) electrons. The molecule has 2 aromatic rings. The molecule has 0 aliphatic carbocycles. The number of halogens is 2. The highest BCUT2D eigenvalue weighted by atomic mass is 32.2. The molecule has 0 fully saturated rings. The molecule has 0 atom stereocenters. The average molecular weight is 357 g/mol. The highest BCUT2D eigenvalue weighted by Crippen LogP contribution is 2.24. The van der Waals surface area contributed by atoms with E-state index in [9.17, 15) is 18.4 Å². The third-order valence-corrected chi connectivity index (χ3v) is 4.72. The molecule has 122 valence electrons. The molecule has 0 saturated carbocycles. The number of carbonyl (C=O) groups is 2. The van der Waals surface area contributed by atoms with Gasteiger partial charge in [0.15, 0.2) is 11.6 Å². The van der Waals surface area contributed by atoms with Gasteiger partial charge in [0, 0.05) is 17.1 Å². The molecule has 8 heteroatoms. The maximum Gasteiger partial charge on any atom is 0.348 e. The van der Waals surface area contributed by atoms with E-state index in [4.69, 9.17) is 0 Å². The molecule has 23 heavy (non-hydrogen) atoms. The van der Waals surface area contributed by atoms with Crippen LogP contribution in [0.3, 0.4) is 0 Å². The van der Waals surface area contributed by atoms with Crippen LogP contribution in [0.2, 0.25) is 0 Å². The standard InChI is InChI=1S/C15H13F2NO3S2/c1-21-15(20)12-4-5-14(23-12)18-13(19)6-7-22-9-2-3-10(16)11(17)8-9/h2-5,8H,6-7H2,1H3,(H,18,19). The summed E-state index contributed by atoms with van der Waals surface area (Å²) in [5.41, 5.74) is 0. The Kier molecular flexibility index (Phi) is 6.12. The molecule has 0 unspecified atom stereocenters. The Balaban J connectivity index is 1.79. The van der Waals surface area contributed by atoms with Gasteiger partial charge >= 0.3 is 5.97 Å². The normalized spacial score (nSPS) is 10.4. The minimum Gasteiger partial charge on any atom is -0.465 e. The van der Waals surface area contributed by atoms with Crippen LogP contribution in [0.15, 0.2) is 35.2 Å². The highest BCUT2D eigenvalue weighted by Gasteiger charge is 2.11. The lowest BCUT2D eigenvalue weighted by atomic mass is 10.3. The molecular formula is C15H13F2NO3S2. The molecule has 0 spiro atoms. The quantitative estimate of drug-likeness (QED) is 0.629. The first-order chi connectivity index (χ1) is 11.0. The largest absolute Gasteiger partial charge is 0.465 e. The second-order valence-corrected chi connectivity index (χ2v) is 6.63. The fraction of sp³-hybridized carbons (Fsp3) is 0.200. The second-order valence-electron chi connectivity index (χ2n) is 4.38. The SMILES string of the molecule is COC(=O)c1ccc(NC(=O)CCSc2ccc(F)c(F)c2)s1. The number of carbonyl (C=O) groups excluding carboxylic acids is 2. The summed E-state index contributed by atoms with van der Waals surface area (Å²) in [7, 11) is 1.29.